The van der Waals surface area contributed by atoms with Crippen LogP contribution < -0.4 is 0 Å². The fraction of sp³-hybridized carbons (Fsp3) is 0.500. The number of ketones is 1. The average molecular weight is 330 g/mol. The number of halogens is 1. The smallest absolute Gasteiger partial charge is 0.136 e. The van der Waals surface area contributed by atoms with Gasteiger partial charge in [-0.2, -0.15) is 0 Å². The molecular formula is C14H19IO. The standard InChI is InChI=1S/C14H19IO/c1-3-14(11-15,12(2)16)10-9-13-7-5-4-6-8-13/h4-8H,3,9-11H2,1-2H3. The third-order valence-electron chi connectivity index (χ3n) is 3.41. The van der Waals surface area contributed by atoms with Gasteiger partial charge in [-0.15, -0.1) is 0 Å². The molecule has 0 saturated heterocycles. The molecule has 1 aromatic rings. The minimum Gasteiger partial charge on any atom is -0.299 e. The van der Waals surface area contributed by atoms with Crippen molar-refractivity contribution in [1.29, 1.82) is 0 Å². The number of benzene rings is 1. The molecule has 0 bridgehead atoms. The minimum absolute atomic E-state index is 0.115. The third-order valence-corrected chi connectivity index (χ3v) is 4.87. The molecule has 0 aliphatic heterocycles. The first kappa shape index (κ1) is 13.7. The van der Waals surface area contributed by atoms with Gasteiger partial charge in [-0.1, -0.05) is 59.8 Å². The van der Waals surface area contributed by atoms with Gasteiger partial charge in [0.05, 0.1) is 0 Å². The van der Waals surface area contributed by atoms with Gasteiger partial charge in [0.1, 0.15) is 5.78 Å². The zero-order chi connectivity index (χ0) is 12.0. The van der Waals surface area contributed by atoms with Crippen molar-refractivity contribution in [2.75, 3.05) is 4.43 Å². The molecule has 0 heterocycles. The summed E-state index contributed by atoms with van der Waals surface area (Å²) < 4.78 is 0.920. The first-order valence-electron chi connectivity index (χ1n) is 5.75. The molecule has 0 amide bonds. The normalized spacial score (nSPS) is 14.4. The van der Waals surface area contributed by atoms with Crippen molar-refractivity contribution in [2.45, 2.75) is 33.1 Å². The summed E-state index contributed by atoms with van der Waals surface area (Å²) in [4.78, 5) is 11.7. The SMILES string of the molecule is CCC(CI)(CCc1ccccc1)C(C)=O. The Morgan fingerprint density at radius 3 is 2.38 bits per heavy atom. The third kappa shape index (κ3) is 3.30. The summed E-state index contributed by atoms with van der Waals surface area (Å²) in [5.74, 6) is 0.334. The van der Waals surface area contributed by atoms with Crippen molar-refractivity contribution in [3.63, 3.8) is 0 Å². The van der Waals surface area contributed by atoms with E-state index in [1.807, 2.05) is 6.07 Å². The van der Waals surface area contributed by atoms with Gasteiger partial charge in [0.2, 0.25) is 0 Å². The minimum atomic E-state index is -0.115. The summed E-state index contributed by atoms with van der Waals surface area (Å²) >= 11 is 2.34. The monoisotopic (exact) mass is 330 g/mol. The van der Waals surface area contributed by atoms with Crippen molar-refractivity contribution in [1.82, 2.24) is 0 Å². The fourth-order valence-corrected chi connectivity index (χ4v) is 3.34. The highest BCUT2D eigenvalue weighted by molar-refractivity contribution is 14.1. The maximum atomic E-state index is 11.7. The highest BCUT2D eigenvalue weighted by Crippen LogP contribution is 2.31. The molecule has 1 aromatic carbocycles. The van der Waals surface area contributed by atoms with Crippen LogP contribution in [0.15, 0.2) is 30.3 Å². The molecular weight excluding hydrogens is 311 g/mol. The Hall–Kier alpha value is -0.380. The summed E-state index contributed by atoms with van der Waals surface area (Å²) in [5, 5.41) is 0. The van der Waals surface area contributed by atoms with Crippen LogP contribution in [0.2, 0.25) is 0 Å². The second-order valence-corrected chi connectivity index (χ2v) is 5.07. The Balaban J connectivity index is 2.67. The lowest BCUT2D eigenvalue weighted by Crippen LogP contribution is -2.30. The number of rotatable bonds is 6. The first-order valence-corrected chi connectivity index (χ1v) is 7.28. The molecule has 0 aromatic heterocycles. The number of carbonyl (C=O) groups is 1. The molecule has 16 heavy (non-hydrogen) atoms. The number of alkyl halides is 1. The lowest BCUT2D eigenvalue weighted by atomic mass is 9.78. The second kappa shape index (κ2) is 6.38. The lowest BCUT2D eigenvalue weighted by molar-refractivity contribution is -0.125. The maximum Gasteiger partial charge on any atom is 0.136 e. The summed E-state index contributed by atoms with van der Waals surface area (Å²) in [6.45, 7) is 3.85. The summed E-state index contributed by atoms with van der Waals surface area (Å²) in [6.07, 6.45) is 2.90. The zero-order valence-electron chi connectivity index (χ0n) is 10.0. The van der Waals surface area contributed by atoms with E-state index in [-0.39, 0.29) is 5.41 Å². The van der Waals surface area contributed by atoms with E-state index in [1.165, 1.54) is 5.56 Å². The van der Waals surface area contributed by atoms with Crippen molar-refractivity contribution in [2.24, 2.45) is 5.41 Å². The summed E-state index contributed by atoms with van der Waals surface area (Å²) in [7, 11) is 0. The van der Waals surface area contributed by atoms with E-state index in [0.29, 0.717) is 5.78 Å². The quantitative estimate of drug-likeness (QED) is 0.568. The van der Waals surface area contributed by atoms with Crippen LogP contribution >= 0.6 is 22.6 Å². The number of hydrogen-bond donors (Lipinski definition) is 0. The van der Waals surface area contributed by atoms with E-state index >= 15 is 0 Å². The molecule has 0 aliphatic rings. The maximum absolute atomic E-state index is 11.7. The predicted molar refractivity (Wildman–Crippen MR) is 77.1 cm³/mol. The van der Waals surface area contributed by atoms with E-state index in [9.17, 15) is 4.79 Å². The van der Waals surface area contributed by atoms with Gasteiger partial charge < -0.3 is 0 Å². The van der Waals surface area contributed by atoms with Crippen LogP contribution in [0.25, 0.3) is 0 Å². The Labute approximate surface area is 112 Å². The molecule has 0 spiro atoms. The molecule has 0 fully saturated rings. The van der Waals surface area contributed by atoms with Crippen molar-refractivity contribution >= 4 is 28.4 Å². The Bertz CT molecular complexity index is 328. The number of hydrogen-bond acceptors (Lipinski definition) is 1. The molecule has 0 radical (unpaired) electrons. The highest BCUT2D eigenvalue weighted by atomic mass is 127. The second-order valence-electron chi connectivity index (χ2n) is 4.31. The molecule has 1 rings (SSSR count). The molecule has 0 aliphatic carbocycles. The predicted octanol–water partition coefficient (Wildman–Crippen LogP) is 4.04. The largest absolute Gasteiger partial charge is 0.299 e. The summed E-state index contributed by atoms with van der Waals surface area (Å²) in [5.41, 5.74) is 1.21. The van der Waals surface area contributed by atoms with Gasteiger partial charge in [-0.3, -0.25) is 4.79 Å². The van der Waals surface area contributed by atoms with E-state index in [0.717, 1.165) is 23.7 Å². The summed E-state index contributed by atoms with van der Waals surface area (Å²) in [6, 6.07) is 10.4. The molecule has 2 heteroatoms. The molecule has 1 nitrogen and oxygen atoms in total. The van der Waals surface area contributed by atoms with E-state index in [4.69, 9.17) is 0 Å². The van der Waals surface area contributed by atoms with Crippen LogP contribution in [-0.4, -0.2) is 10.2 Å². The van der Waals surface area contributed by atoms with E-state index in [1.54, 1.807) is 6.92 Å². The van der Waals surface area contributed by atoms with Gasteiger partial charge in [-0.25, -0.2) is 0 Å². The van der Waals surface area contributed by atoms with Gasteiger partial charge in [-0.05, 0) is 31.7 Å². The highest BCUT2D eigenvalue weighted by Gasteiger charge is 2.31. The average Bonchev–Trinajstić information content (AvgIpc) is 2.32. The number of Topliss-reactive ketones (excluding diaryl/α,β-unsaturated/α-hetero) is 1. The molecule has 1 unspecified atom stereocenters. The fourth-order valence-electron chi connectivity index (χ4n) is 1.89. The molecule has 0 N–H and O–H groups in total. The number of carbonyl (C=O) groups excluding carboxylic acids is 1. The first-order chi connectivity index (χ1) is 7.64. The van der Waals surface area contributed by atoms with Crippen LogP contribution in [0.3, 0.4) is 0 Å². The lowest BCUT2D eigenvalue weighted by Gasteiger charge is -2.27. The Morgan fingerprint density at radius 1 is 1.31 bits per heavy atom. The Morgan fingerprint density at radius 2 is 1.94 bits per heavy atom. The van der Waals surface area contributed by atoms with Crippen LogP contribution in [0.4, 0.5) is 0 Å². The van der Waals surface area contributed by atoms with Crippen LogP contribution in [0.1, 0.15) is 32.3 Å². The Kier molecular flexibility index (Phi) is 5.46. The van der Waals surface area contributed by atoms with Crippen LogP contribution in [-0.2, 0) is 11.2 Å². The van der Waals surface area contributed by atoms with Gasteiger partial charge in [0.15, 0.2) is 0 Å². The van der Waals surface area contributed by atoms with E-state index in [2.05, 4.69) is 53.8 Å². The van der Waals surface area contributed by atoms with Crippen LogP contribution in [0, 0.1) is 5.41 Å². The van der Waals surface area contributed by atoms with Crippen molar-refractivity contribution in [3.8, 4) is 0 Å². The number of aryl methyl sites for hydroxylation is 1. The molecule has 1 atom stereocenters. The van der Waals surface area contributed by atoms with Gasteiger partial charge >= 0.3 is 0 Å². The molecule has 0 saturated carbocycles. The van der Waals surface area contributed by atoms with E-state index < -0.39 is 0 Å². The van der Waals surface area contributed by atoms with Crippen molar-refractivity contribution in [3.05, 3.63) is 35.9 Å². The van der Waals surface area contributed by atoms with Gasteiger partial charge in [0.25, 0.3) is 0 Å². The van der Waals surface area contributed by atoms with Crippen molar-refractivity contribution < 1.29 is 4.79 Å². The molecule has 88 valence electrons. The van der Waals surface area contributed by atoms with Gasteiger partial charge in [0, 0.05) is 9.84 Å². The zero-order valence-corrected chi connectivity index (χ0v) is 12.2. The van der Waals surface area contributed by atoms with Crippen LogP contribution in [0.5, 0.6) is 0 Å². The topological polar surface area (TPSA) is 17.1 Å².